The summed E-state index contributed by atoms with van der Waals surface area (Å²) in [4.78, 5) is 14.8. The van der Waals surface area contributed by atoms with Gasteiger partial charge in [0.25, 0.3) is 0 Å². The molecule has 2 fully saturated rings. The Bertz CT molecular complexity index is 302. The molecule has 1 heterocycles. The smallest absolute Gasteiger partial charge is 0.162 e. The van der Waals surface area contributed by atoms with Crippen molar-refractivity contribution in [2.75, 3.05) is 19.6 Å². The van der Waals surface area contributed by atoms with Crippen LogP contribution in [0, 0.1) is 5.92 Å². The molecule has 2 nitrogen and oxygen atoms in total. The fraction of sp³-hybridized carbons (Fsp3) is 0.812. The van der Waals surface area contributed by atoms with Crippen molar-refractivity contribution < 1.29 is 4.79 Å². The van der Waals surface area contributed by atoms with Crippen LogP contribution in [0.5, 0.6) is 0 Å². The molecule has 1 aliphatic heterocycles. The highest BCUT2D eigenvalue weighted by molar-refractivity contribution is 5.99. The molecule has 1 aliphatic carbocycles. The van der Waals surface area contributed by atoms with Crippen LogP contribution >= 0.6 is 0 Å². The number of ketones is 1. The molecule has 0 bridgehead atoms. The van der Waals surface area contributed by atoms with Crippen molar-refractivity contribution >= 4 is 5.78 Å². The number of piperidine rings is 1. The molecule has 1 unspecified atom stereocenters. The number of hydrogen-bond acceptors (Lipinski definition) is 2. The standard InChI is InChI=1S/C16H27NO/c1-2-3-5-8-14-9-10-15(16(14)18)13-17-11-6-4-7-12-17/h8,15H,2-7,9-13H2,1H3. The molecule has 2 heteroatoms. The molecule has 0 aromatic heterocycles. The van der Waals surface area contributed by atoms with Gasteiger partial charge in [-0.05, 0) is 50.8 Å². The largest absolute Gasteiger partial charge is 0.303 e. The molecule has 0 radical (unpaired) electrons. The first kappa shape index (κ1) is 13.8. The van der Waals surface area contributed by atoms with Crippen LogP contribution in [0.25, 0.3) is 0 Å². The van der Waals surface area contributed by atoms with Crippen molar-refractivity contribution in [3.8, 4) is 0 Å². The van der Waals surface area contributed by atoms with E-state index in [1.807, 2.05) is 0 Å². The number of carbonyl (C=O) groups excluding carboxylic acids is 1. The second-order valence-electron chi connectivity index (χ2n) is 5.83. The highest BCUT2D eigenvalue weighted by Gasteiger charge is 2.30. The lowest BCUT2D eigenvalue weighted by molar-refractivity contribution is -0.118. The highest BCUT2D eigenvalue weighted by atomic mass is 16.1. The average molecular weight is 249 g/mol. The van der Waals surface area contributed by atoms with Gasteiger partial charge in [-0.25, -0.2) is 0 Å². The van der Waals surface area contributed by atoms with Gasteiger partial charge < -0.3 is 4.90 Å². The van der Waals surface area contributed by atoms with Crippen LogP contribution in [0.1, 0.15) is 58.3 Å². The van der Waals surface area contributed by atoms with Crippen LogP contribution in [0.2, 0.25) is 0 Å². The zero-order valence-electron chi connectivity index (χ0n) is 11.8. The Kier molecular flexibility index (Phi) is 5.43. The topological polar surface area (TPSA) is 20.3 Å². The van der Waals surface area contributed by atoms with E-state index in [2.05, 4.69) is 17.9 Å². The number of rotatable bonds is 5. The molecule has 1 atom stereocenters. The quantitative estimate of drug-likeness (QED) is 0.548. The van der Waals surface area contributed by atoms with Crippen molar-refractivity contribution in [2.24, 2.45) is 5.92 Å². The van der Waals surface area contributed by atoms with Crippen molar-refractivity contribution in [2.45, 2.75) is 58.3 Å². The van der Waals surface area contributed by atoms with Crippen LogP contribution in [-0.4, -0.2) is 30.3 Å². The van der Waals surface area contributed by atoms with E-state index in [0.29, 0.717) is 11.7 Å². The molecule has 0 amide bonds. The summed E-state index contributed by atoms with van der Waals surface area (Å²) in [6, 6.07) is 0. The lowest BCUT2D eigenvalue weighted by Crippen LogP contribution is -2.35. The summed E-state index contributed by atoms with van der Waals surface area (Å²) >= 11 is 0. The van der Waals surface area contributed by atoms with Crippen molar-refractivity contribution in [3.05, 3.63) is 11.6 Å². The second kappa shape index (κ2) is 7.08. The summed E-state index contributed by atoms with van der Waals surface area (Å²) < 4.78 is 0. The molecular weight excluding hydrogens is 222 g/mol. The van der Waals surface area contributed by atoms with Gasteiger partial charge in [0.1, 0.15) is 0 Å². The number of likely N-dealkylation sites (tertiary alicyclic amines) is 1. The Labute approximate surface area is 111 Å². The van der Waals surface area contributed by atoms with Gasteiger partial charge in [0.15, 0.2) is 5.78 Å². The van der Waals surface area contributed by atoms with Gasteiger partial charge in [0, 0.05) is 12.5 Å². The van der Waals surface area contributed by atoms with Crippen LogP contribution in [0.3, 0.4) is 0 Å². The van der Waals surface area contributed by atoms with E-state index < -0.39 is 0 Å². The SMILES string of the molecule is CCCCC=C1CCC(CN2CCCCC2)C1=O. The third kappa shape index (κ3) is 3.68. The van der Waals surface area contributed by atoms with Gasteiger partial charge in [-0.3, -0.25) is 4.79 Å². The Morgan fingerprint density at radius 1 is 1.28 bits per heavy atom. The van der Waals surface area contributed by atoms with Crippen LogP contribution < -0.4 is 0 Å². The van der Waals surface area contributed by atoms with Crippen molar-refractivity contribution in [1.29, 1.82) is 0 Å². The molecular formula is C16H27NO. The predicted molar refractivity (Wildman–Crippen MR) is 75.6 cm³/mol. The lowest BCUT2D eigenvalue weighted by atomic mass is 10.0. The fourth-order valence-corrected chi connectivity index (χ4v) is 3.16. The average Bonchev–Trinajstić information content (AvgIpc) is 2.73. The molecule has 2 rings (SSSR count). The van der Waals surface area contributed by atoms with Crippen molar-refractivity contribution in [3.63, 3.8) is 0 Å². The first-order valence-corrected chi connectivity index (χ1v) is 7.77. The van der Waals surface area contributed by atoms with Gasteiger partial charge in [-0.1, -0.05) is 32.3 Å². The van der Waals surface area contributed by atoms with Crippen LogP contribution in [0.15, 0.2) is 11.6 Å². The molecule has 2 aliphatic rings. The summed E-state index contributed by atoms with van der Waals surface area (Å²) in [6.45, 7) is 5.63. The fourth-order valence-electron chi connectivity index (χ4n) is 3.16. The van der Waals surface area contributed by atoms with Gasteiger partial charge in [0.2, 0.25) is 0 Å². The minimum absolute atomic E-state index is 0.302. The van der Waals surface area contributed by atoms with Crippen LogP contribution in [-0.2, 0) is 4.79 Å². The number of Topliss-reactive ketones (excluding diaryl/α,β-unsaturated/α-hetero) is 1. The van der Waals surface area contributed by atoms with E-state index in [9.17, 15) is 4.79 Å². The number of hydrogen-bond donors (Lipinski definition) is 0. The Hall–Kier alpha value is -0.630. The van der Waals surface area contributed by atoms with E-state index in [1.54, 1.807) is 0 Å². The number of nitrogens with zero attached hydrogens (tertiary/aromatic N) is 1. The molecule has 1 saturated carbocycles. The number of allylic oxidation sites excluding steroid dienone is 2. The second-order valence-corrected chi connectivity index (χ2v) is 5.83. The molecule has 0 aromatic carbocycles. The normalized spacial score (nSPS) is 28.2. The Morgan fingerprint density at radius 3 is 2.78 bits per heavy atom. The molecule has 0 spiro atoms. The van der Waals surface area contributed by atoms with Gasteiger partial charge in [-0.2, -0.15) is 0 Å². The first-order valence-electron chi connectivity index (χ1n) is 7.77. The molecule has 18 heavy (non-hydrogen) atoms. The number of carbonyl (C=O) groups is 1. The zero-order valence-corrected chi connectivity index (χ0v) is 11.8. The maximum Gasteiger partial charge on any atom is 0.162 e. The molecule has 1 saturated heterocycles. The van der Waals surface area contributed by atoms with Gasteiger partial charge >= 0.3 is 0 Å². The monoisotopic (exact) mass is 249 g/mol. The van der Waals surface area contributed by atoms with E-state index >= 15 is 0 Å². The summed E-state index contributed by atoms with van der Waals surface area (Å²) in [5.41, 5.74) is 1.13. The molecule has 0 aromatic rings. The maximum atomic E-state index is 12.3. The third-order valence-electron chi connectivity index (χ3n) is 4.33. The first-order chi connectivity index (χ1) is 8.81. The van der Waals surface area contributed by atoms with E-state index in [0.717, 1.165) is 31.4 Å². The van der Waals surface area contributed by atoms with Crippen molar-refractivity contribution in [1.82, 2.24) is 4.90 Å². The minimum Gasteiger partial charge on any atom is -0.303 e. The minimum atomic E-state index is 0.302. The zero-order chi connectivity index (χ0) is 12.8. The van der Waals surface area contributed by atoms with Gasteiger partial charge in [-0.15, -0.1) is 0 Å². The van der Waals surface area contributed by atoms with Crippen LogP contribution in [0.4, 0.5) is 0 Å². The van der Waals surface area contributed by atoms with E-state index in [4.69, 9.17) is 0 Å². The Morgan fingerprint density at radius 2 is 2.06 bits per heavy atom. The summed E-state index contributed by atoms with van der Waals surface area (Å²) in [5.74, 6) is 0.757. The lowest BCUT2D eigenvalue weighted by Gasteiger charge is -2.28. The summed E-state index contributed by atoms with van der Waals surface area (Å²) in [6.07, 6.45) is 11.9. The van der Waals surface area contributed by atoms with E-state index in [-0.39, 0.29) is 0 Å². The predicted octanol–water partition coefficient (Wildman–Crippen LogP) is 3.57. The van der Waals surface area contributed by atoms with E-state index in [1.165, 1.54) is 45.2 Å². The molecule has 102 valence electrons. The Balaban J connectivity index is 1.80. The highest BCUT2D eigenvalue weighted by Crippen LogP contribution is 2.28. The number of unbranched alkanes of at least 4 members (excludes halogenated alkanes) is 2. The third-order valence-corrected chi connectivity index (χ3v) is 4.33. The molecule has 0 N–H and O–H groups in total. The summed E-state index contributed by atoms with van der Waals surface area (Å²) in [5, 5.41) is 0. The summed E-state index contributed by atoms with van der Waals surface area (Å²) in [7, 11) is 0. The maximum absolute atomic E-state index is 12.3. The van der Waals surface area contributed by atoms with Gasteiger partial charge in [0.05, 0.1) is 0 Å².